The Kier molecular flexibility index (Phi) is 5.31. The molecule has 1 N–H and O–H groups in total. The molecule has 0 radical (unpaired) electrons. The fourth-order valence-corrected chi connectivity index (χ4v) is 4.20. The zero-order valence-corrected chi connectivity index (χ0v) is 17.4. The number of Topliss-reactive ketones (excluding diaryl/α,β-unsaturated/α-hetero) is 2. The summed E-state index contributed by atoms with van der Waals surface area (Å²) in [5.41, 5.74) is 1.22. The molecule has 0 aromatic heterocycles. The average molecular weight is 430 g/mol. The molecular formula is C20H23FN6O4. The van der Waals surface area contributed by atoms with Gasteiger partial charge in [-0.15, -0.1) is 0 Å². The fourth-order valence-electron chi connectivity index (χ4n) is 4.20. The molecule has 4 rings (SSSR count). The molecule has 3 amide bonds. The maximum Gasteiger partial charge on any atom is 0.328 e. The van der Waals surface area contributed by atoms with Crippen molar-refractivity contribution in [2.24, 2.45) is 5.10 Å². The Hall–Kier alpha value is -3.18. The van der Waals surface area contributed by atoms with E-state index in [2.05, 4.69) is 10.4 Å². The normalized spacial score (nSPS) is 26.0. The number of amides is 3. The average Bonchev–Trinajstić information content (AvgIpc) is 3.09. The van der Waals surface area contributed by atoms with Gasteiger partial charge in [-0.3, -0.25) is 29.6 Å². The standard InChI is InChI=1S/C20H23FN6O4/c1-11(28)8-26-18(30)16-17(24(3)20(26)31)22-19-25(16)10-15(23-27(19)9-12(2)29)13-4-6-14(21)7-5-13/h4-7,16-17,19,22H,8-10H2,1-3H3. The maximum atomic E-state index is 13.4. The van der Waals surface area contributed by atoms with Gasteiger partial charge in [0.25, 0.3) is 5.91 Å². The van der Waals surface area contributed by atoms with Gasteiger partial charge >= 0.3 is 6.03 Å². The van der Waals surface area contributed by atoms with E-state index in [-0.39, 0.29) is 37.0 Å². The number of carbonyl (C=O) groups is 4. The monoisotopic (exact) mass is 430 g/mol. The summed E-state index contributed by atoms with van der Waals surface area (Å²) in [6, 6.07) is 4.47. The fraction of sp³-hybridized carbons (Fsp3) is 0.450. The summed E-state index contributed by atoms with van der Waals surface area (Å²) in [5, 5.41) is 9.33. The molecular weight excluding hydrogens is 407 g/mol. The van der Waals surface area contributed by atoms with E-state index in [1.807, 2.05) is 4.90 Å². The topological polar surface area (TPSA) is 106 Å². The van der Waals surface area contributed by atoms with Crippen LogP contribution in [0.1, 0.15) is 19.4 Å². The minimum absolute atomic E-state index is 0.0126. The molecule has 31 heavy (non-hydrogen) atoms. The van der Waals surface area contributed by atoms with Crippen molar-refractivity contribution in [1.82, 2.24) is 25.0 Å². The van der Waals surface area contributed by atoms with Crippen molar-refractivity contribution < 1.29 is 23.6 Å². The van der Waals surface area contributed by atoms with E-state index in [1.54, 1.807) is 19.2 Å². The number of hydrogen-bond acceptors (Lipinski definition) is 8. The Balaban J connectivity index is 1.71. The SMILES string of the molecule is CC(=O)CN1C(=O)C2C(NC3N(CC(C)=O)N=C(c4ccc(F)cc4)CN23)N(C)C1=O. The Morgan fingerprint density at radius 2 is 1.77 bits per heavy atom. The summed E-state index contributed by atoms with van der Waals surface area (Å²) in [7, 11) is 1.56. The third-order valence-electron chi connectivity index (χ3n) is 5.57. The molecule has 10 nitrogen and oxygen atoms in total. The highest BCUT2D eigenvalue weighted by molar-refractivity contribution is 6.05. The van der Waals surface area contributed by atoms with Gasteiger partial charge in [0.05, 0.1) is 18.8 Å². The molecule has 2 saturated heterocycles. The number of likely N-dealkylation sites (N-methyl/N-ethyl adjacent to an activating group) is 1. The van der Waals surface area contributed by atoms with Crippen molar-refractivity contribution in [3.05, 3.63) is 35.6 Å². The quantitative estimate of drug-likeness (QED) is 0.690. The van der Waals surface area contributed by atoms with Crippen LogP contribution >= 0.6 is 0 Å². The highest BCUT2D eigenvalue weighted by Gasteiger charge is 2.56. The van der Waals surface area contributed by atoms with Gasteiger partial charge in [0.15, 0.2) is 12.1 Å². The van der Waals surface area contributed by atoms with E-state index in [0.29, 0.717) is 11.3 Å². The van der Waals surface area contributed by atoms with Crippen LogP contribution in [0.4, 0.5) is 9.18 Å². The smallest absolute Gasteiger partial charge is 0.310 e. The lowest BCUT2D eigenvalue weighted by molar-refractivity contribution is -0.141. The molecule has 3 unspecified atom stereocenters. The number of hydrogen-bond donors (Lipinski definition) is 1. The van der Waals surface area contributed by atoms with Gasteiger partial charge in [0.1, 0.15) is 23.8 Å². The van der Waals surface area contributed by atoms with Gasteiger partial charge in [-0.2, -0.15) is 5.10 Å². The summed E-state index contributed by atoms with van der Waals surface area (Å²) >= 11 is 0. The minimum Gasteiger partial charge on any atom is -0.310 e. The first-order chi connectivity index (χ1) is 14.7. The Labute approximate surface area is 178 Å². The van der Waals surface area contributed by atoms with Crippen LogP contribution in [0.3, 0.4) is 0 Å². The number of halogens is 1. The van der Waals surface area contributed by atoms with Gasteiger partial charge in [0, 0.05) is 13.6 Å². The second-order valence-corrected chi connectivity index (χ2v) is 7.98. The van der Waals surface area contributed by atoms with Crippen molar-refractivity contribution >= 4 is 29.2 Å². The zero-order valence-electron chi connectivity index (χ0n) is 17.4. The molecule has 2 fully saturated rings. The van der Waals surface area contributed by atoms with Crippen LogP contribution in [0.25, 0.3) is 0 Å². The summed E-state index contributed by atoms with van der Waals surface area (Å²) in [6.07, 6.45) is -1.25. The first-order valence-corrected chi connectivity index (χ1v) is 9.86. The Bertz CT molecular complexity index is 980. The summed E-state index contributed by atoms with van der Waals surface area (Å²) < 4.78 is 13.4. The zero-order chi connectivity index (χ0) is 22.4. The largest absolute Gasteiger partial charge is 0.328 e. The summed E-state index contributed by atoms with van der Waals surface area (Å²) in [4.78, 5) is 53.6. The molecule has 3 aliphatic heterocycles. The van der Waals surface area contributed by atoms with Crippen LogP contribution in [0, 0.1) is 5.82 Å². The third-order valence-corrected chi connectivity index (χ3v) is 5.57. The van der Waals surface area contributed by atoms with Crippen LogP contribution in [-0.4, -0.2) is 94.1 Å². The lowest BCUT2D eigenvalue weighted by Gasteiger charge is -2.42. The van der Waals surface area contributed by atoms with Crippen LogP contribution in [-0.2, 0) is 14.4 Å². The summed E-state index contributed by atoms with van der Waals surface area (Å²) in [5.74, 6) is -1.30. The number of rotatable bonds is 5. The van der Waals surface area contributed by atoms with Crippen molar-refractivity contribution in [3.63, 3.8) is 0 Å². The number of carbonyl (C=O) groups excluding carboxylic acids is 4. The minimum atomic E-state index is -0.771. The van der Waals surface area contributed by atoms with Crippen LogP contribution in [0.5, 0.6) is 0 Å². The Morgan fingerprint density at radius 1 is 1.13 bits per heavy atom. The van der Waals surface area contributed by atoms with E-state index in [9.17, 15) is 23.6 Å². The van der Waals surface area contributed by atoms with Crippen LogP contribution in [0.15, 0.2) is 29.4 Å². The second kappa shape index (κ2) is 7.82. The van der Waals surface area contributed by atoms with Gasteiger partial charge in [-0.1, -0.05) is 12.1 Å². The number of fused-ring (bicyclic) bond motifs is 3. The molecule has 1 aromatic carbocycles. The highest BCUT2D eigenvalue weighted by atomic mass is 19.1. The summed E-state index contributed by atoms with van der Waals surface area (Å²) in [6.45, 7) is 2.67. The van der Waals surface area contributed by atoms with Crippen molar-refractivity contribution in [1.29, 1.82) is 0 Å². The van der Waals surface area contributed by atoms with E-state index < -0.39 is 30.4 Å². The molecule has 0 saturated carbocycles. The lowest BCUT2D eigenvalue weighted by Crippen LogP contribution is -2.67. The number of imide groups is 1. The van der Waals surface area contributed by atoms with Crippen LogP contribution < -0.4 is 5.32 Å². The molecule has 3 aliphatic rings. The predicted molar refractivity (Wildman–Crippen MR) is 107 cm³/mol. The maximum absolute atomic E-state index is 13.4. The van der Waals surface area contributed by atoms with E-state index in [1.165, 1.54) is 35.9 Å². The molecule has 3 atom stereocenters. The predicted octanol–water partition coefficient (Wildman–Crippen LogP) is -0.199. The number of nitrogens with one attached hydrogen (secondary N) is 1. The van der Waals surface area contributed by atoms with Gasteiger partial charge in [-0.25, -0.2) is 14.1 Å². The second-order valence-electron chi connectivity index (χ2n) is 7.98. The molecule has 1 aromatic rings. The highest BCUT2D eigenvalue weighted by Crippen LogP contribution is 2.31. The van der Waals surface area contributed by atoms with E-state index in [4.69, 9.17) is 0 Å². The van der Waals surface area contributed by atoms with Crippen molar-refractivity contribution in [2.75, 3.05) is 26.7 Å². The molecule has 0 aliphatic carbocycles. The van der Waals surface area contributed by atoms with Crippen molar-refractivity contribution in [2.45, 2.75) is 32.3 Å². The lowest BCUT2D eigenvalue weighted by atomic mass is 10.1. The molecule has 0 spiro atoms. The van der Waals surface area contributed by atoms with Gasteiger partial charge in [0.2, 0.25) is 0 Å². The van der Waals surface area contributed by atoms with Crippen molar-refractivity contribution in [3.8, 4) is 0 Å². The molecule has 0 bridgehead atoms. The number of hydrazone groups is 1. The number of nitrogens with zero attached hydrogens (tertiary/aromatic N) is 5. The number of urea groups is 1. The van der Waals surface area contributed by atoms with Gasteiger partial charge in [-0.05, 0) is 31.5 Å². The third kappa shape index (κ3) is 3.70. The van der Waals surface area contributed by atoms with Gasteiger partial charge < -0.3 is 4.90 Å². The Morgan fingerprint density at radius 3 is 2.39 bits per heavy atom. The molecule has 3 heterocycles. The number of benzene rings is 1. The van der Waals surface area contributed by atoms with E-state index >= 15 is 0 Å². The van der Waals surface area contributed by atoms with E-state index in [0.717, 1.165) is 4.90 Å². The number of ketones is 2. The van der Waals surface area contributed by atoms with Crippen LogP contribution in [0.2, 0.25) is 0 Å². The molecule has 11 heteroatoms. The molecule has 164 valence electrons. The first kappa shape index (κ1) is 21.1. The first-order valence-electron chi connectivity index (χ1n) is 9.86.